The summed E-state index contributed by atoms with van der Waals surface area (Å²) >= 11 is 11.9. The van der Waals surface area contributed by atoms with Crippen molar-refractivity contribution in [2.24, 2.45) is 0 Å². The summed E-state index contributed by atoms with van der Waals surface area (Å²) in [6, 6.07) is 15.7. The predicted molar refractivity (Wildman–Crippen MR) is 113 cm³/mol. The fourth-order valence-electron chi connectivity index (χ4n) is 3.06. The van der Waals surface area contributed by atoms with Crippen LogP contribution in [0.15, 0.2) is 60.7 Å². The van der Waals surface area contributed by atoms with Gasteiger partial charge in [-0.05, 0) is 35.4 Å². The summed E-state index contributed by atoms with van der Waals surface area (Å²) < 4.78 is 0. The van der Waals surface area contributed by atoms with Crippen molar-refractivity contribution in [2.75, 3.05) is 32.7 Å². The van der Waals surface area contributed by atoms with E-state index >= 15 is 0 Å². The minimum absolute atomic E-state index is 0.0416. The molecule has 1 saturated heterocycles. The topological polar surface area (TPSA) is 24.8 Å². The van der Waals surface area contributed by atoms with Crippen molar-refractivity contribution in [3.05, 3.63) is 81.9 Å². The Hall–Kier alpha value is -2.07. The van der Waals surface area contributed by atoms with Gasteiger partial charge in [0, 0.05) is 6.08 Å². The molecule has 1 amide bonds. The van der Waals surface area contributed by atoms with E-state index in [1.54, 1.807) is 24.3 Å². The molecule has 0 unspecified atom stereocenters. The van der Waals surface area contributed by atoms with Gasteiger partial charge in [-0.3, -0.25) is 4.79 Å². The summed E-state index contributed by atoms with van der Waals surface area (Å²) in [4.78, 5) is 15.8. The van der Waals surface area contributed by atoms with Crippen molar-refractivity contribution in [1.82, 2.24) is 4.90 Å². The first-order valence-electron chi connectivity index (χ1n) is 9.09. The Morgan fingerprint density at radius 1 is 0.963 bits per heavy atom. The zero-order valence-corrected chi connectivity index (χ0v) is 16.6. The van der Waals surface area contributed by atoms with E-state index in [1.165, 1.54) is 10.5 Å². The van der Waals surface area contributed by atoms with Gasteiger partial charge in [0.2, 0.25) is 5.91 Å². The van der Waals surface area contributed by atoms with Crippen molar-refractivity contribution < 1.29 is 9.69 Å². The molecule has 0 bridgehead atoms. The second-order valence-electron chi connectivity index (χ2n) is 6.60. The Labute approximate surface area is 170 Å². The monoisotopic (exact) mass is 401 g/mol. The van der Waals surface area contributed by atoms with Gasteiger partial charge >= 0.3 is 0 Å². The zero-order valence-electron chi connectivity index (χ0n) is 15.1. The van der Waals surface area contributed by atoms with Gasteiger partial charge in [-0.2, -0.15) is 0 Å². The maximum absolute atomic E-state index is 12.4. The summed E-state index contributed by atoms with van der Waals surface area (Å²) in [7, 11) is 0. The molecule has 2 aromatic rings. The zero-order chi connectivity index (χ0) is 19.1. The molecule has 1 heterocycles. The molecular formula is C22H23Cl2N2O+. The SMILES string of the molecule is O=C(/C=C/c1ccc(Cl)c(Cl)c1)N1CC[NH+](C/C=C/c2ccccc2)CC1. The summed E-state index contributed by atoms with van der Waals surface area (Å²) in [5.41, 5.74) is 2.09. The molecule has 27 heavy (non-hydrogen) atoms. The number of hydrogen-bond acceptors (Lipinski definition) is 1. The van der Waals surface area contributed by atoms with Crippen LogP contribution in [0.1, 0.15) is 11.1 Å². The molecule has 0 radical (unpaired) electrons. The minimum Gasteiger partial charge on any atom is -0.329 e. The number of quaternary nitrogens is 1. The molecule has 0 spiro atoms. The van der Waals surface area contributed by atoms with Gasteiger partial charge in [-0.15, -0.1) is 0 Å². The van der Waals surface area contributed by atoms with Gasteiger partial charge in [0.1, 0.15) is 0 Å². The van der Waals surface area contributed by atoms with Gasteiger partial charge in [-0.25, -0.2) is 0 Å². The summed E-state index contributed by atoms with van der Waals surface area (Å²) in [5, 5.41) is 1.01. The summed E-state index contributed by atoms with van der Waals surface area (Å²) in [5.74, 6) is 0.0416. The highest BCUT2D eigenvalue weighted by molar-refractivity contribution is 6.42. The number of piperazine rings is 1. The fraction of sp³-hybridized carbons (Fsp3) is 0.227. The Bertz CT molecular complexity index is 825. The average molecular weight is 402 g/mol. The Balaban J connectivity index is 1.45. The van der Waals surface area contributed by atoms with E-state index in [1.807, 2.05) is 29.2 Å². The van der Waals surface area contributed by atoms with Crippen LogP contribution in [-0.2, 0) is 4.79 Å². The van der Waals surface area contributed by atoms with Crippen molar-refractivity contribution in [2.45, 2.75) is 0 Å². The highest BCUT2D eigenvalue weighted by Crippen LogP contribution is 2.23. The number of carbonyl (C=O) groups is 1. The van der Waals surface area contributed by atoms with Crippen LogP contribution in [0, 0.1) is 0 Å². The third-order valence-corrected chi connectivity index (χ3v) is 5.40. The van der Waals surface area contributed by atoms with Crippen LogP contribution in [0.5, 0.6) is 0 Å². The Kier molecular flexibility index (Phi) is 7.11. The first kappa shape index (κ1) is 19.7. The van der Waals surface area contributed by atoms with Gasteiger partial charge in [0.05, 0.1) is 42.8 Å². The molecule has 0 aromatic heterocycles. The number of hydrogen-bond donors (Lipinski definition) is 1. The van der Waals surface area contributed by atoms with E-state index in [0.29, 0.717) is 10.0 Å². The molecule has 1 aliphatic heterocycles. The van der Waals surface area contributed by atoms with Crippen molar-refractivity contribution in [3.8, 4) is 0 Å². The van der Waals surface area contributed by atoms with E-state index < -0.39 is 0 Å². The lowest BCUT2D eigenvalue weighted by Gasteiger charge is -2.31. The second-order valence-corrected chi connectivity index (χ2v) is 7.41. The third kappa shape index (κ3) is 5.96. The molecule has 1 N–H and O–H groups in total. The standard InChI is InChI=1S/C22H22Cl2N2O/c23-20-10-8-19(17-21(20)24)9-11-22(27)26-15-13-25(14-16-26)12-4-7-18-5-2-1-3-6-18/h1-11,17H,12-16H2/p+1/b7-4+,11-9+. The van der Waals surface area contributed by atoms with Crippen LogP contribution in [0.3, 0.4) is 0 Å². The minimum atomic E-state index is 0.0416. The quantitative estimate of drug-likeness (QED) is 0.762. The van der Waals surface area contributed by atoms with Gasteiger partial charge in [-0.1, -0.05) is 65.7 Å². The molecule has 0 atom stereocenters. The maximum Gasteiger partial charge on any atom is 0.246 e. The fourth-order valence-corrected chi connectivity index (χ4v) is 3.37. The largest absolute Gasteiger partial charge is 0.329 e. The van der Waals surface area contributed by atoms with Crippen molar-refractivity contribution >= 4 is 41.3 Å². The van der Waals surface area contributed by atoms with E-state index in [4.69, 9.17) is 23.2 Å². The molecule has 0 aliphatic carbocycles. The number of nitrogens with one attached hydrogen (secondary N) is 1. The molecule has 0 saturated carbocycles. The Morgan fingerprint density at radius 2 is 1.70 bits per heavy atom. The lowest BCUT2D eigenvalue weighted by Crippen LogP contribution is -3.14. The van der Waals surface area contributed by atoms with Crippen LogP contribution in [0.25, 0.3) is 12.2 Å². The molecule has 1 aliphatic rings. The lowest BCUT2D eigenvalue weighted by molar-refractivity contribution is -0.898. The number of benzene rings is 2. The van der Waals surface area contributed by atoms with Crippen LogP contribution in [0.2, 0.25) is 10.0 Å². The molecular weight excluding hydrogens is 379 g/mol. The highest BCUT2D eigenvalue weighted by Gasteiger charge is 2.21. The molecule has 3 rings (SSSR count). The number of rotatable bonds is 5. The first-order valence-corrected chi connectivity index (χ1v) is 9.84. The summed E-state index contributed by atoms with van der Waals surface area (Å²) in [6.07, 6.45) is 7.77. The van der Waals surface area contributed by atoms with Crippen molar-refractivity contribution in [1.29, 1.82) is 0 Å². The van der Waals surface area contributed by atoms with E-state index in [0.717, 1.165) is 38.3 Å². The normalized spacial score (nSPS) is 15.7. The molecule has 140 valence electrons. The number of halogens is 2. The molecule has 5 heteroatoms. The number of nitrogens with zero attached hydrogens (tertiary/aromatic N) is 1. The highest BCUT2D eigenvalue weighted by atomic mass is 35.5. The summed E-state index contributed by atoms with van der Waals surface area (Å²) in [6.45, 7) is 4.46. The number of carbonyl (C=O) groups excluding carboxylic acids is 1. The smallest absolute Gasteiger partial charge is 0.246 e. The molecule has 2 aromatic carbocycles. The van der Waals surface area contributed by atoms with E-state index in [9.17, 15) is 4.79 Å². The van der Waals surface area contributed by atoms with Crippen LogP contribution in [0.4, 0.5) is 0 Å². The van der Waals surface area contributed by atoms with E-state index in [-0.39, 0.29) is 5.91 Å². The predicted octanol–water partition coefficient (Wildman–Crippen LogP) is 3.45. The Morgan fingerprint density at radius 3 is 2.41 bits per heavy atom. The van der Waals surface area contributed by atoms with Gasteiger partial charge < -0.3 is 9.80 Å². The average Bonchev–Trinajstić information content (AvgIpc) is 2.70. The third-order valence-electron chi connectivity index (χ3n) is 4.66. The van der Waals surface area contributed by atoms with Crippen molar-refractivity contribution in [3.63, 3.8) is 0 Å². The molecule has 3 nitrogen and oxygen atoms in total. The van der Waals surface area contributed by atoms with Crippen LogP contribution >= 0.6 is 23.2 Å². The lowest BCUT2D eigenvalue weighted by atomic mass is 10.2. The van der Waals surface area contributed by atoms with Gasteiger partial charge in [0.25, 0.3) is 0 Å². The first-order chi connectivity index (χ1) is 13.1. The van der Waals surface area contributed by atoms with Crippen LogP contribution in [-0.4, -0.2) is 43.5 Å². The van der Waals surface area contributed by atoms with Gasteiger partial charge in [0.15, 0.2) is 0 Å². The molecule has 1 fully saturated rings. The van der Waals surface area contributed by atoms with Crippen LogP contribution < -0.4 is 4.90 Å². The number of amides is 1. The maximum atomic E-state index is 12.4. The van der Waals surface area contributed by atoms with E-state index in [2.05, 4.69) is 24.3 Å². The second kappa shape index (κ2) is 9.75.